The molecule has 10 nitrogen and oxygen atoms in total. The molecule has 0 N–H and O–H groups in total. The maximum atomic E-state index is 13.3. The van der Waals surface area contributed by atoms with E-state index in [1.165, 1.54) is 0 Å². The van der Waals surface area contributed by atoms with Crippen LogP contribution in [0.2, 0.25) is 0 Å². The van der Waals surface area contributed by atoms with Gasteiger partial charge in [-0.25, -0.2) is 9.59 Å². The van der Waals surface area contributed by atoms with Crippen LogP contribution >= 0.6 is 0 Å². The molecule has 0 saturated carbocycles. The number of amides is 4. The smallest absolute Gasteiger partial charge is 0.320 e. The SMILES string of the molecule is CCN(CC)C(=O)N1C(C)(C)CC(OC(=O)CCCCCCCCC(=O)OC2CC(C)(C)N(C(=O)N(CC)CC)C(C)(C)C2)CC1(C)C. The lowest BCUT2D eigenvalue weighted by molar-refractivity contribution is -0.159. The predicted molar refractivity (Wildman–Crippen MR) is 192 cm³/mol. The molecule has 48 heavy (non-hydrogen) atoms. The maximum Gasteiger partial charge on any atom is 0.320 e. The quantitative estimate of drug-likeness (QED) is 0.128. The fourth-order valence-corrected chi connectivity index (χ4v) is 8.59. The van der Waals surface area contributed by atoms with E-state index in [2.05, 4.69) is 55.4 Å². The number of urea groups is 2. The number of esters is 2. The number of hydrogen-bond donors (Lipinski definition) is 0. The maximum absolute atomic E-state index is 13.3. The summed E-state index contributed by atoms with van der Waals surface area (Å²) < 4.78 is 11.9. The number of hydrogen-bond acceptors (Lipinski definition) is 6. The zero-order valence-electron chi connectivity index (χ0n) is 32.7. The van der Waals surface area contributed by atoms with Gasteiger partial charge in [0.2, 0.25) is 0 Å². The molecule has 2 heterocycles. The highest BCUT2D eigenvalue weighted by atomic mass is 16.5. The van der Waals surface area contributed by atoms with Crippen molar-refractivity contribution in [1.29, 1.82) is 0 Å². The van der Waals surface area contributed by atoms with Crippen molar-refractivity contribution in [3.8, 4) is 0 Å². The topological polar surface area (TPSA) is 99.7 Å². The molecule has 0 aromatic rings. The van der Waals surface area contributed by atoms with Gasteiger partial charge in [0, 0.05) is 86.9 Å². The van der Waals surface area contributed by atoms with E-state index in [9.17, 15) is 19.2 Å². The molecule has 2 aliphatic heterocycles. The zero-order chi connectivity index (χ0) is 36.5. The van der Waals surface area contributed by atoms with Gasteiger partial charge in [-0.05, 0) is 95.9 Å². The lowest BCUT2D eigenvalue weighted by atomic mass is 9.78. The van der Waals surface area contributed by atoms with Gasteiger partial charge in [0.25, 0.3) is 0 Å². The van der Waals surface area contributed by atoms with Gasteiger partial charge in [0.15, 0.2) is 0 Å². The van der Waals surface area contributed by atoms with Crippen molar-refractivity contribution >= 4 is 24.0 Å². The standard InChI is InChI=1S/C38H70N4O6/c1-13-39(14-2)33(45)41-35(5,6)25-29(26-36(41,7)8)47-31(43)23-21-19-17-18-20-22-24-32(44)48-30-27-37(9,10)42(38(11,12)28-30)34(46)40(15-3)16-4/h29-30H,13-28H2,1-12H3. The van der Waals surface area contributed by atoms with Crippen LogP contribution in [-0.4, -0.2) is 104 Å². The van der Waals surface area contributed by atoms with Gasteiger partial charge in [0.05, 0.1) is 0 Å². The average Bonchev–Trinajstić information content (AvgIpc) is 2.93. The van der Waals surface area contributed by atoms with Crippen LogP contribution in [0.15, 0.2) is 0 Å². The monoisotopic (exact) mass is 679 g/mol. The Kier molecular flexibility index (Phi) is 15.1. The van der Waals surface area contributed by atoms with Crippen LogP contribution in [-0.2, 0) is 19.1 Å². The second-order valence-electron chi connectivity index (χ2n) is 16.5. The lowest BCUT2D eigenvalue weighted by Crippen LogP contribution is -2.66. The summed E-state index contributed by atoms with van der Waals surface area (Å²) in [4.78, 5) is 59.8. The molecule has 0 aromatic carbocycles. The summed E-state index contributed by atoms with van der Waals surface area (Å²) in [6.07, 6.45) is 8.38. The van der Waals surface area contributed by atoms with Gasteiger partial charge in [-0.3, -0.25) is 9.59 Å². The predicted octanol–water partition coefficient (Wildman–Crippen LogP) is 8.16. The number of carbonyl (C=O) groups is 4. The van der Waals surface area contributed by atoms with Crippen LogP contribution in [0.25, 0.3) is 0 Å². The molecule has 2 aliphatic rings. The Morgan fingerprint density at radius 1 is 0.500 bits per heavy atom. The van der Waals surface area contributed by atoms with Gasteiger partial charge >= 0.3 is 24.0 Å². The largest absolute Gasteiger partial charge is 0.462 e. The molecule has 2 fully saturated rings. The highest BCUT2D eigenvalue weighted by molar-refractivity contribution is 5.77. The molecule has 10 heteroatoms. The summed E-state index contributed by atoms with van der Waals surface area (Å²) in [6.45, 7) is 27.2. The van der Waals surface area contributed by atoms with Crippen LogP contribution in [0, 0.1) is 0 Å². The fraction of sp³-hybridized carbons (Fsp3) is 0.895. The molecule has 0 radical (unpaired) electrons. The van der Waals surface area contributed by atoms with E-state index in [0.717, 1.165) is 38.5 Å². The van der Waals surface area contributed by atoms with Gasteiger partial charge < -0.3 is 29.1 Å². The van der Waals surface area contributed by atoms with Crippen LogP contribution in [0.4, 0.5) is 9.59 Å². The first-order valence-electron chi connectivity index (χ1n) is 18.8. The van der Waals surface area contributed by atoms with E-state index in [-0.39, 0.29) is 36.2 Å². The summed E-state index contributed by atoms with van der Waals surface area (Å²) in [6, 6.07) is 0.0938. The third-order valence-corrected chi connectivity index (χ3v) is 10.4. The van der Waals surface area contributed by atoms with Crippen LogP contribution in [0.3, 0.4) is 0 Å². The minimum absolute atomic E-state index is 0.0469. The van der Waals surface area contributed by atoms with Crippen molar-refractivity contribution in [3.63, 3.8) is 0 Å². The van der Waals surface area contributed by atoms with Crippen molar-refractivity contribution < 1.29 is 28.7 Å². The molecule has 0 spiro atoms. The average molecular weight is 679 g/mol. The summed E-state index contributed by atoms with van der Waals surface area (Å²) in [5.74, 6) is -0.319. The second kappa shape index (κ2) is 17.4. The molecule has 0 bridgehead atoms. The molecule has 4 amide bonds. The first-order chi connectivity index (χ1) is 22.3. The summed E-state index contributed by atoms with van der Waals surface area (Å²) >= 11 is 0. The van der Waals surface area contributed by atoms with Crippen molar-refractivity contribution in [2.45, 2.75) is 194 Å². The number of rotatable bonds is 15. The molecule has 278 valence electrons. The molecule has 0 atom stereocenters. The number of unbranched alkanes of at least 4 members (excludes halogenated alkanes) is 5. The molecule has 2 saturated heterocycles. The molecule has 0 aliphatic carbocycles. The molecular formula is C38H70N4O6. The van der Waals surface area contributed by atoms with E-state index in [1.807, 2.05) is 47.3 Å². The van der Waals surface area contributed by atoms with E-state index >= 15 is 0 Å². The summed E-state index contributed by atoms with van der Waals surface area (Å²) in [7, 11) is 0. The number of carbonyl (C=O) groups excluding carboxylic acids is 4. The van der Waals surface area contributed by atoms with E-state index in [1.54, 1.807) is 0 Å². The van der Waals surface area contributed by atoms with Gasteiger partial charge in [0.1, 0.15) is 12.2 Å². The Morgan fingerprint density at radius 3 is 1.00 bits per heavy atom. The van der Waals surface area contributed by atoms with Crippen molar-refractivity contribution in [2.24, 2.45) is 0 Å². The molecule has 2 rings (SSSR count). The molecule has 0 unspecified atom stereocenters. The number of ether oxygens (including phenoxy) is 2. The zero-order valence-corrected chi connectivity index (χ0v) is 32.7. The van der Waals surface area contributed by atoms with Crippen LogP contribution < -0.4 is 0 Å². The minimum atomic E-state index is -0.421. The lowest BCUT2D eigenvalue weighted by Gasteiger charge is -2.55. The first-order valence-corrected chi connectivity index (χ1v) is 18.8. The minimum Gasteiger partial charge on any atom is -0.462 e. The third kappa shape index (κ3) is 11.0. The first kappa shape index (κ1) is 41.7. The van der Waals surface area contributed by atoms with Crippen LogP contribution in [0.1, 0.15) is 160 Å². The number of nitrogens with zero attached hydrogens (tertiary/aromatic N) is 4. The van der Waals surface area contributed by atoms with Crippen molar-refractivity contribution in [1.82, 2.24) is 19.6 Å². The highest BCUT2D eigenvalue weighted by Crippen LogP contribution is 2.42. The molecule has 0 aromatic heterocycles. The summed E-state index contributed by atoms with van der Waals surface area (Å²) in [5, 5.41) is 0. The number of piperidine rings is 2. The van der Waals surface area contributed by atoms with Gasteiger partial charge in [-0.2, -0.15) is 0 Å². The van der Waals surface area contributed by atoms with Crippen molar-refractivity contribution in [2.75, 3.05) is 26.2 Å². The normalized spacial score (nSPS) is 20.2. The summed E-state index contributed by atoms with van der Waals surface area (Å²) in [5.41, 5.74) is -1.69. The highest BCUT2D eigenvalue weighted by Gasteiger charge is 2.51. The van der Waals surface area contributed by atoms with Crippen molar-refractivity contribution in [3.05, 3.63) is 0 Å². The Balaban J connectivity index is 1.68. The van der Waals surface area contributed by atoms with Gasteiger partial charge in [-0.15, -0.1) is 0 Å². The Hall–Kier alpha value is -2.52. The van der Waals surface area contributed by atoms with E-state index < -0.39 is 22.2 Å². The van der Waals surface area contributed by atoms with E-state index in [4.69, 9.17) is 9.47 Å². The van der Waals surface area contributed by atoms with Crippen LogP contribution in [0.5, 0.6) is 0 Å². The van der Waals surface area contributed by atoms with Gasteiger partial charge in [-0.1, -0.05) is 25.7 Å². The second-order valence-corrected chi connectivity index (χ2v) is 16.5. The fourth-order valence-electron chi connectivity index (χ4n) is 8.59. The third-order valence-electron chi connectivity index (χ3n) is 10.4. The molecular weight excluding hydrogens is 608 g/mol. The Bertz CT molecular complexity index is 959. The number of likely N-dealkylation sites (tertiary alicyclic amines) is 2. The Morgan fingerprint density at radius 2 is 0.750 bits per heavy atom. The Labute approximate surface area is 292 Å². The van der Waals surface area contributed by atoms with E-state index in [0.29, 0.717) is 64.7 Å².